The lowest BCUT2D eigenvalue weighted by atomic mass is 10.2. The van der Waals surface area contributed by atoms with Crippen LogP contribution in [0.1, 0.15) is 19.8 Å². The minimum atomic E-state index is -2.35. The standard InChI is InChI=1S/C12H15F2NS/c1-8(9-5-6-9)15-10-3-2-4-11(7-10)16-12(13)14/h2-4,7-9,12,15H,5-6H2,1H3. The van der Waals surface area contributed by atoms with Crippen molar-refractivity contribution in [3.8, 4) is 0 Å². The van der Waals surface area contributed by atoms with Crippen molar-refractivity contribution in [2.45, 2.75) is 36.5 Å². The molecule has 0 saturated heterocycles. The summed E-state index contributed by atoms with van der Waals surface area (Å²) in [5.74, 6) is -1.59. The van der Waals surface area contributed by atoms with E-state index in [1.54, 1.807) is 12.1 Å². The van der Waals surface area contributed by atoms with E-state index in [1.165, 1.54) is 12.8 Å². The van der Waals surface area contributed by atoms with E-state index in [0.717, 1.165) is 11.6 Å². The Morgan fingerprint density at radius 2 is 2.12 bits per heavy atom. The Morgan fingerprint density at radius 1 is 1.38 bits per heavy atom. The number of rotatable bonds is 5. The summed E-state index contributed by atoms with van der Waals surface area (Å²) in [5.41, 5.74) is 0.935. The molecule has 4 heteroatoms. The molecule has 0 aromatic heterocycles. The fourth-order valence-electron chi connectivity index (χ4n) is 1.74. The van der Waals surface area contributed by atoms with Gasteiger partial charge in [-0.2, -0.15) is 8.78 Å². The normalized spacial score (nSPS) is 17.5. The van der Waals surface area contributed by atoms with Crippen LogP contribution in [-0.4, -0.2) is 11.8 Å². The molecule has 0 bridgehead atoms. The van der Waals surface area contributed by atoms with Crippen LogP contribution in [0.25, 0.3) is 0 Å². The molecule has 1 N–H and O–H groups in total. The molecule has 1 aromatic carbocycles. The van der Waals surface area contributed by atoms with Gasteiger partial charge in [0.2, 0.25) is 0 Å². The quantitative estimate of drug-likeness (QED) is 0.777. The van der Waals surface area contributed by atoms with Gasteiger partial charge < -0.3 is 5.32 Å². The van der Waals surface area contributed by atoms with Gasteiger partial charge >= 0.3 is 0 Å². The van der Waals surface area contributed by atoms with Crippen LogP contribution in [0.4, 0.5) is 14.5 Å². The van der Waals surface area contributed by atoms with E-state index in [0.29, 0.717) is 22.7 Å². The molecule has 2 rings (SSSR count). The summed E-state index contributed by atoms with van der Waals surface area (Å²) in [6.45, 7) is 2.14. The predicted molar refractivity (Wildman–Crippen MR) is 64.1 cm³/mol. The zero-order valence-corrected chi connectivity index (χ0v) is 9.94. The Hall–Kier alpha value is -0.770. The van der Waals surface area contributed by atoms with Gasteiger partial charge in [-0.1, -0.05) is 17.8 Å². The van der Waals surface area contributed by atoms with E-state index in [1.807, 2.05) is 12.1 Å². The van der Waals surface area contributed by atoms with Gasteiger partial charge in [-0.3, -0.25) is 0 Å². The van der Waals surface area contributed by atoms with E-state index in [-0.39, 0.29) is 0 Å². The summed E-state index contributed by atoms with van der Waals surface area (Å²) in [6.07, 6.45) is 2.55. The first-order chi connectivity index (χ1) is 7.65. The van der Waals surface area contributed by atoms with Crippen LogP contribution in [0.2, 0.25) is 0 Å². The molecule has 0 heterocycles. The number of hydrogen-bond acceptors (Lipinski definition) is 2. The Kier molecular flexibility index (Phi) is 3.69. The summed E-state index contributed by atoms with van der Waals surface area (Å²) in [5, 5.41) is 3.36. The van der Waals surface area contributed by atoms with E-state index in [9.17, 15) is 8.78 Å². The number of hydrogen-bond donors (Lipinski definition) is 1. The molecule has 1 fully saturated rings. The van der Waals surface area contributed by atoms with Crippen molar-refractivity contribution < 1.29 is 8.78 Å². The average Bonchev–Trinajstić information content (AvgIpc) is 2.99. The van der Waals surface area contributed by atoms with Crippen molar-refractivity contribution in [3.05, 3.63) is 24.3 Å². The molecule has 0 amide bonds. The van der Waals surface area contributed by atoms with Crippen molar-refractivity contribution >= 4 is 17.4 Å². The zero-order chi connectivity index (χ0) is 11.5. The Balaban J connectivity index is 1.97. The molecular formula is C12H15F2NS. The molecule has 1 atom stereocenters. The predicted octanol–water partition coefficient (Wildman–Crippen LogP) is 4.21. The second-order valence-electron chi connectivity index (χ2n) is 4.18. The average molecular weight is 243 g/mol. The highest BCUT2D eigenvalue weighted by molar-refractivity contribution is 7.99. The third-order valence-electron chi connectivity index (χ3n) is 2.78. The maximum Gasteiger partial charge on any atom is 0.288 e. The van der Waals surface area contributed by atoms with Gasteiger partial charge in [-0.25, -0.2) is 0 Å². The fourth-order valence-corrected chi connectivity index (χ4v) is 2.30. The summed E-state index contributed by atoms with van der Waals surface area (Å²) in [4.78, 5) is 0.614. The maximum atomic E-state index is 12.2. The fraction of sp³-hybridized carbons (Fsp3) is 0.500. The Bertz CT molecular complexity index is 353. The Labute approximate surface area is 98.6 Å². The lowest BCUT2D eigenvalue weighted by Gasteiger charge is -2.14. The van der Waals surface area contributed by atoms with Crippen LogP contribution in [0.15, 0.2) is 29.2 Å². The van der Waals surface area contributed by atoms with Gasteiger partial charge in [0, 0.05) is 16.6 Å². The third-order valence-corrected chi connectivity index (χ3v) is 3.49. The number of halogens is 2. The number of anilines is 1. The van der Waals surface area contributed by atoms with E-state index in [4.69, 9.17) is 0 Å². The van der Waals surface area contributed by atoms with Gasteiger partial charge in [0.15, 0.2) is 0 Å². The molecule has 1 aromatic rings. The molecule has 0 aliphatic heterocycles. The zero-order valence-electron chi connectivity index (χ0n) is 9.12. The number of benzene rings is 1. The first-order valence-electron chi connectivity index (χ1n) is 5.46. The lowest BCUT2D eigenvalue weighted by molar-refractivity contribution is 0.252. The second kappa shape index (κ2) is 5.04. The molecule has 0 radical (unpaired) electrons. The molecule has 1 aliphatic rings. The van der Waals surface area contributed by atoms with E-state index in [2.05, 4.69) is 12.2 Å². The van der Waals surface area contributed by atoms with Gasteiger partial charge in [-0.05, 0) is 43.9 Å². The van der Waals surface area contributed by atoms with Crippen LogP contribution in [0.5, 0.6) is 0 Å². The summed E-state index contributed by atoms with van der Waals surface area (Å²) in [6, 6.07) is 7.67. The minimum absolute atomic E-state index is 0.437. The van der Waals surface area contributed by atoms with Crippen molar-refractivity contribution in [2.75, 3.05) is 5.32 Å². The first-order valence-corrected chi connectivity index (χ1v) is 6.34. The second-order valence-corrected chi connectivity index (χ2v) is 5.24. The van der Waals surface area contributed by atoms with Crippen LogP contribution in [0.3, 0.4) is 0 Å². The minimum Gasteiger partial charge on any atom is -0.382 e. The molecule has 1 nitrogen and oxygen atoms in total. The van der Waals surface area contributed by atoms with Crippen molar-refractivity contribution in [2.24, 2.45) is 5.92 Å². The number of alkyl halides is 2. The van der Waals surface area contributed by atoms with E-state index >= 15 is 0 Å². The molecule has 1 aliphatic carbocycles. The largest absolute Gasteiger partial charge is 0.382 e. The molecule has 1 unspecified atom stereocenters. The maximum absolute atomic E-state index is 12.2. The topological polar surface area (TPSA) is 12.0 Å². The highest BCUT2D eigenvalue weighted by Crippen LogP contribution is 2.34. The van der Waals surface area contributed by atoms with Crippen molar-refractivity contribution in [1.82, 2.24) is 0 Å². The van der Waals surface area contributed by atoms with Crippen LogP contribution in [0, 0.1) is 5.92 Å². The number of nitrogens with one attached hydrogen (secondary N) is 1. The number of thioether (sulfide) groups is 1. The molecule has 88 valence electrons. The molecule has 0 spiro atoms. The smallest absolute Gasteiger partial charge is 0.288 e. The SMILES string of the molecule is CC(Nc1cccc(SC(F)F)c1)C1CC1. The molecule has 1 saturated carbocycles. The first kappa shape index (κ1) is 11.7. The monoisotopic (exact) mass is 243 g/mol. The van der Waals surface area contributed by atoms with Crippen LogP contribution >= 0.6 is 11.8 Å². The summed E-state index contributed by atoms with van der Waals surface area (Å²) in [7, 11) is 0. The van der Waals surface area contributed by atoms with Crippen LogP contribution in [-0.2, 0) is 0 Å². The van der Waals surface area contributed by atoms with Gasteiger partial charge in [0.05, 0.1) is 0 Å². The lowest BCUT2D eigenvalue weighted by Crippen LogP contribution is -2.17. The van der Waals surface area contributed by atoms with Gasteiger partial charge in [-0.15, -0.1) is 0 Å². The van der Waals surface area contributed by atoms with E-state index < -0.39 is 5.76 Å². The molecular weight excluding hydrogens is 228 g/mol. The molecule has 16 heavy (non-hydrogen) atoms. The highest BCUT2D eigenvalue weighted by Gasteiger charge is 2.27. The summed E-state index contributed by atoms with van der Waals surface area (Å²) < 4.78 is 24.4. The van der Waals surface area contributed by atoms with Gasteiger partial charge in [0.1, 0.15) is 0 Å². The summed E-state index contributed by atoms with van der Waals surface area (Å²) >= 11 is 0.590. The van der Waals surface area contributed by atoms with Crippen LogP contribution < -0.4 is 5.32 Å². The highest BCUT2D eigenvalue weighted by atomic mass is 32.2. The van der Waals surface area contributed by atoms with Crippen molar-refractivity contribution in [1.29, 1.82) is 0 Å². The Morgan fingerprint density at radius 3 is 2.75 bits per heavy atom. The van der Waals surface area contributed by atoms with Gasteiger partial charge in [0.25, 0.3) is 5.76 Å². The third kappa shape index (κ3) is 3.37. The van der Waals surface area contributed by atoms with Crippen molar-refractivity contribution in [3.63, 3.8) is 0 Å².